The van der Waals surface area contributed by atoms with Crippen LogP contribution in [0.15, 0.2) is 41.0 Å². The second-order valence-electron chi connectivity index (χ2n) is 4.23. The molecule has 0 fully saturated rings. The monoisotopic (exact) mass is 320 g/mol. The molecule has 0 aliphatic carbocycles. The Morgan fingerprint density at radius 1 is 1.32 bits per heavy atom. The Kier molecular flexibility index (Phi) is 4.80. The number of aryl methyl sites for hydroxylation is 1. The molecule has 2 rings (SSSR count). The zero-order chi connectivity index (χ0) is 13.7. The molecule has 4 heteroatoms. The molecule has 0 saturated heterocycles. The van der Waals surface area contributed by atoms with Crippen LogP contribution >= 0.6 is 15.9 Å². The van der Waals surface area contributed by atoms with Gasteiger partial charge in [-0.3, -0.25) is 0 Å². The Balaban J connectivity index is 2.07. The molecule has 0 atom stereocenters. The first-order valence-corrected chi connectivity index (χ1v) is 7.06. The standard InChI is InChI=1S/C15H17BrN2O/c1-3-19-15-14(5-4-8-17-15)18-10-12-7-6-11(2)13(16)9-12/h4-9,18H,3,10H2,1-2H3. The number of anilines is 1. The van der Waals surface area contributed by atoms with Gasteiger partial charge in [0.25, 0.3) is 0 Å². The Morgan fingerprint density at radius 3 is 2.89 bits per heavy atom. The molecule has 1 heterocycles. The SMILES string of the molecule is CCOc1ncccc1NCc1ccc(C)c(Br)c1. The van der Waals surface area contributed by atoms with Gasteiger partial charge in [0.15, 0.2) is 0 Å². The smallest absolute Gasteiger partial charge is 0.237 e. The van der Waals surface area contributed by atoms with Crippen LogP contribution in [0.25, 0.3) is 0 Å². The number of pyridine rings is 1. The summed E-state index contributed by atoms with van der Waals surface area (Å²) in [5.41, 5.74) is 3.37. The molecule has 0 aliphatic heterocycles. The van der Waals surface area contributed by atoms with Gasteiger partial charge < -0.3 is 10.1 Å². The molecule has 0 amide bonds. The maximum atomic E-state index is 5.49. The van der Waals surface area contributed by atoms with Crippen molar-refractivity contribution in [1.82, 2.24) is 4.98 Å². The number of aromatic nitrogens is 1. The van der Waals surface area contributed by atoms with Crippen molar-refractivity contribution in [1.29, 1.82) is 0 Å². The third-order valence-electron chi connectivity index (χ3n) is 2.77. The average Bonchev–Trinajstić information content (AvgIpc) is 2.42. The molecule has 1 aromatic carbocycles. The number of rotatable bonds is 5. The molecule has 19 heavy (non-hydrogen) atoms. The van der Waals surface area contributed by atoms with Gasteiger partial charge in [-0.25, -0.2) is 4.98 Å². The molecular weight excluding hydrogens is 304 g/mol. The molecule has 0 radical (unpaired) electrons. The molecule has 0 saturated carbocycles. The van der Waals surface area contributed by atoms with Crippen molar-refractivity contribution < 1.29 is 4.74 Å². The van der Waals surface area contributed by atoms with Gasteiger partial charge in [0.05, 0.1) is 12.3 Å². The largest absolute Gasteiger partial charge is 0.476 e. The lowest BCUT2D eigenvalue weighted by Crippen LogP contribution is -2.04. The number of halogens is 1. The molecule has 0 spiro atoms. The fourth-order valence-electron chi connectivity index (χ4n) is 1.72. The van der Waals surface area contributed by atoms with Gasteiger partial charge in [0.1, 0.15) is 0 Å². The van der Waals surface area contributed by atoms with Crippen LogP contribution in [-0.4, -0.2) is 11.6 Å². The van der Waals surface area contributed by atoms with Crippen LogP contribution in [0.3, 0.4) is 0 Å². The second kappa shape index (κ2) is 6.57. The molecular formula is C15H17BrN2O. The van der Waals surface area contributed by atoms with E-state index in [0.717, 1.165) is 16.7 Å². The summed E-state index contributed by atoms with van der Waals surface area (Å²) in [7, 11) is 0. The summed E-state index contributed by atoms with van der Waals surface area (Å²) in [5, 5.41) is 3.35. The van der Waals surface area contributed by atoms with Crippen molar-refractivity contribution in [3.8, 4) is 5.88 Å². The summed E-state index contributed by atoms with van der Waals surface area (Å²) in [6, 6.07) is 10.2. The number of hydrogen-bond acceptors (Lipinski definition) is 3. The summed E-state index contributed by atoms with van der Waals surface area (Å²) >= 11 is 3.55. The highest BCUT2D eigenvalue weighted by Crippen LogP contribution is 2.22. The van der Waals surface area contributed by atoms with Gasteiger partial charge in [-0.05, 0) is 43.2 Å². The second-order valence-corrected chi connectivity index (χ2v) is 5.08. The van der Waals surface area contributed by atoms with Crippen LogP contribution in [0.4, 0.5) is 5.69 Å². The average molecular weight is 321 g/mol. The van der Waals surface area contributed by atoms with Crippen LogP contribution in [0.2, 0.25) is 0 Å². The van der Waals surface area contributed by atoms with Crippen LogP contribution in [0, 0.1) is 6.92 Å². The van der Waals surface area contributed by atoms with Crippen molar-refractivity contribution in [2.24, 2.45) is 0 Å². The van der Waals surface area contributed by atoms with Crippen molar-refractivity contribution in [2.75, 3.05) is 11.9 Å². The molecule has 0 aliphatic rings. The van der Waals surface area contributed by atoms with E-state index < -0.39 is 0 Å². The highest BCUT2D eigenvalue weighted by Gasteiger charge is 2.04. The fourth-order valence-corrected chi connectivity index (χ4v) is 2.15. The molecule has 100 valence electrons. The first kappa shape index (κ1) is 13.9. The highest BCUT2D eigenvalue weighted by atomic mass is 79.9. The maximum absolute atomic E-state index is 5.49. The van der Waals surface area contributed by atoms with E-state index in [-0.39, 0.29) is 0 Å². The zero-order valence-electron chi connectivity index (χ0n) is 11.1. The van der Waals surface area contributed by atoms with Crippen LogP contribution in [-0.2, 0) is 6.54 Å². The number of nitrogens with one attached hydrogen (secondary N) is 1. The van der Waals surface area contributed by atoms with E-state index >= 15 is 0 Å². The van der Waals surface area contributed by atoms with E-state index in [4.69, 9.17) is 4.74 Å². The third kappa shape index (κ3) is 3.70. The summed E-state index contributed by atoms with van der Waals surface area (Å²) in [5.74, 6) is 0.649. The minimum absolute atomic E-state index is 0.613. The maximum Gasteiger partial charge on any atom is 0.237 e. The lowest BCUT2D eigenvalue weighted by molar-refractivity contribution is 0.328. The Labute approximate surface area is 122 Å². The molecule has 0 bridgehead atoms. The van der Waals surface area contributed by atoms with Crippen molar-refractivity contribution >= 4 is 21.6 Å². The molecule has 1 N–H and O–H groups in total. The van der Waals surface area contributed by atoms with Gasteiger partial charge in [-0.1, -0.05) is 28.1 Å². The lowest BCUT2D eigenvalue weighted by Gasteiger charge is -2.11. The van der Waals surface area contributed by atoms with E-state index in [1.54, 1.807) is 6.20 Å². The lowest BCUT2D eigenvalue weighted by atomic mass is 10.1. The minimum atomic E-state index is 0.613. The molecule has 2 aromatic rings. The predicted molar refractivity (Wildman–Crippen MR) is 81.6 cm³/mol. The Hall–Kier alpha value is -1.55. The number of nitrogens with zero attached hydrogens (tertiary/aromatic N) is 1. The quantitative estimate of drug-likeness (QED) is 0.898. The highest BCUT2D eigenvalue weighted by molar-refractivity contribution is 9.10. The normalized spacial score (nSPS) is 10.3. The summed E-state index contributed by atoms with van der Waals surface area (Å²) in [6.45, 7) is 5.39. The number of benzene rings is 1. The topological polar surface area (TPSA) is 34.1 Å². The van der Waals surface area contributed by atoms with E-state index in [9.17, 15) is 0 Å². The van der Waals surface area contributed by atoms with E-state index in [1.807, 2.05) is 19.1 Å². The summed E-state index contributed by atoms with van der Waals surface area (Å²) in [6.07, 6.45) is 1.73. The van der Waals surface area contributed by atoms with E-state index in [0.29, 0.717) is 12.5 Å². The van der Waals surface area contributed by atoms with Gasteiger partial charge in [-0.15, -0.1) is 0 Å². The van der Waals surface area contributed by atoms with Gasteiger partial charge in [0, 0.05) is 17.2 Å². The van der Waals surface area contributed by atoms with Gasteiger partial charge in [0.2, 0.25) is 5.88 Å². The molecule has 0 unspecified atom stereocenters. The molecule has 1 aromatic heterocycles. The minimum Gasteiger partial charge on any atom is -0.476 e. The van der Waals surface area contributed by atoms with E-state index in [1.165, 1.54) is 11.1 Å². The van der Waals surface area contributed by atoms with Gasteiger partial charge in [-0.2, -0.15) is 0 Å². The first-order chi connectivity index (χ1) is 9.20. The Bertz CT molecular complexity index is 558. The third-order valence-corrected chi connectivity index (χ3v) is 3.63. The summed E-state index contributed by atoms with van der Waals surface area (Å²) in [4.78, 5) is 4.22. The zero-order valence-corrected chi connectivity index (χ0v) is 12.7. The fraction of sp³-hybridized carbons (Fsp3) is 0.267. The Morgan fingerprint density at radius 2 is 2.16 bits per heavy atom. The van der Waals surface area contributed by atoms with Gasteiger partial charge >= 0.3 is 0 Å². The van der Waals surface area contributed by atoms with Crippen molar-refractivity contribution in [3.63, 3.8) is 0 Å². The van der Waals surface area contributed by atoms with Crippen LogP contribution in [0.5, 0.6) is 5.88 Å². The van der Waals surface area contributed by atoms with Crippen LogP contribution < -0.4 is 10.1 Å². The predicted octanol–water partition coefficient (Wildman–Crippen LogP) is 4.16. The van der Waals surface area contributed by atoms with Crippen molar-refractivity contribution in [2.45, 2.75) is 20.4 Å². The van der Waals surface area contributed by atoms with Crippen LogP contribution in [0.1, 0.15) is 18.1 Å². The molecule has 3 nitrogen and oxygen atoms in total. The number of hydrogen-bond donors (Lipinski definition) is 1. The van der Waals surface area contributed by atoms with Crippen molar-refractivity contribution in [3.05, 3.63) is 52.1 Å². The van der Waals surface area contributed by atoms with E-state index in [2.05, 4.69) is 51.4 Å². The summed E-state index contributed by atoms with van der Waals surface area (Å²) < 4.78 is 6.61. The number of ether oxygens (including phenoxy) is 1. The first-order valence-electron chi connectivity index (χ1n) is 6.27.